The maximum absolute atomic E-state index is 13.9. The summed E-state index contributed by atoms with van der Waals surface area (Å²) < 4.78 is 93.6. The molecular weight excluding hydrogens is 539 g/mol. The standard InChI is InChI=1S/C22H26ClFN2O8S2/c23-16-7-15(8-17(24)9-16)11-33-21-12-34-20-4-2-1-3-19(20)22(21)26(14-36(30,31)32)6-5-25-10-18(26)13-35(27,28)29/h1-4,7-9,18,21-22,25H,5-6,10-14H2,(H-,27,28,29,30,31,32)/p+1/t18-,21?,22?,26-/m0/s1. The third kappa shape index (κ3) is 6.34. The maximum atomic E-state index is 13.9. The first kappa shape index (κ1) is 27.2. The van der Waals surface area contributed by atoms with E-state index in [0.29, 0.717) is 23.4 Å². The molecule has 0 radical (unpaired) electrons. The third-order valence-corrected chi connectivity index (χ3v) is 8.38. The van der Waals surface area contributed by atoms with Gasteiger partial charge in [0.2, 0.25) is 5.88 Å². The van der Waals surface area contributed by atoms with Crippen LogP contribution in [0, 0.1) is 5.82 Å². The number of benzene rings is 2. The Kier molecular flexibility index (Phi) is 7.93. The summed E-state index contributed by atoms with van der Waals surface area (Å²) in [5, 5.41) is 3.23. The molecule has 2 aromatic rings. The Morgan fingerprint density at radius 3 is 2.58 bits per heavy atom. The van der Waals surface area contributed by atoms with E-state index in [1.165, 1.54) is 12.1 Å². The van der Waals surface area contributed by atoms with Gasteiger partial charge in [0, 0.05) is 18.1 Å². The van der Waals surface area contributed by atoms with Gasteiger partial charge in [0.25, 0.3) is 10.1 Å². The van der Waals surface area contributed by atoms with Crippen LogP contribution >= 0.6 is 11.6 Å². The van der Waals surface area contributed by atoms with E-state index in [9.17, 15) is 30.3 Å². The van der Waals surface area contributed by atoms with Crippen LogP contribution in [0.5, 0.6) is 5.75 Å². The van der Waals surface area contributed by atoms with E-state index < -0.39 is 60.4 Å². The second kappa shape index (κ2) is 10.5. The van der Waals surface area contributed by atoms with Gasteiger partial charge in [0.05, 0.1) is 18.7 Å². The monoisotopic (exact) mass is 565 g/mol. The number of hydrogen-bond donors (Lipinski definition) is 3. The highest BCUT2D eigenvalue weighted by molar-refractivity contribution is 7.86. The Morgan fingerprint density at radius 2 is 1.89 bits per heavy atom. The van der Waals surface area contributed by atoms with Crippen molar-refractivity contribution in [3.63, 3.8) is 0 Å². The minimum atomic E-state index is -4.62. The van der Waals surface area contributed by atoms with Crippen LogP contribution in [0.3, 0.4) is 0 Å². The zero-order valence-corrected chi connectivity index (χ0v) is 21.5. The summed E-state index contributed by atoms with van der Waals surface area (Å²) in [5.41, 5.74) is 1.01. The predicted molar refractivity (Wildman–Crippen MR) is 129 cm³/mol. The molecule has 10 nitrogen and oxygen atoms in total. The van der Waals surface area contributed by atoms with Crippen molar-refractivity contribution in [1.29, 1.82) is 0 Å². The molecule has 2 unspecified atom stereocenters. The van der Waals surface area contributed by atoms with Crippen molar-refractivity contribution in [3.8, 4) is 5.75 Å². The molecule has 0 aliphatic carbocycles. The van der Waals surface area contributed by atoms with Gasteiger partial charge >= 0.3 is 10.1 Å². The van der Waals surface area contributed by atoms with Crippen LogP contribution in [-0.4, -0.2) is 80.4 Å². The number of nitrogens with one attached hydrogen (secondary N) is 1. The van der Waals surface area contributed by atoms with Crippen LogP contribution < -0.4 is 10.1 Å². The number of hydrogen-bond acceptors (Lipinski definition) is 7. The van der Waals surface area contributed by atoms with Gasteiger partial charge in [-0.15, -0.1) is 0 Å². The van der Waals surface area contributed by atoms with E-state index in [4.69, 9.17) is 21.1 Å². The highest BCUT2D eigenvalue weighted by atomic mass is 35.5. The van der Waals surface area contributed by atoms with Crippen molar-refractivity contribution in [2.45, 2.75) is 24.8 Å². The van der Waals surface area contributed by atoms with E-state index in [-0.39, 0.29) is 31.3 Å². The van der Waals surface area contributed by atoms with Gasteiger partial charge in [-0.05, 0) is 35.9 Å². The maximum Gasteiger partial charge on any atom is 0.316 e. The first-order valence-corrected chi connectivity index (χ1v) is 14.7. The van der Waals surface area contributed by atoms with E-state index in [2.05, 4.69) is 5.32 Å². The van der Waals surface area contributed by atoms with Crippen molar-refractivity contribution in [3.05, 3.63) is 64.4 Å². The van der Waals surface area contributed by atoms with Crippen LogP contribution in [0.25, 0.3) is 0 Å². The molecule has 2 heterocycles. The molecule has 0 amide bonds. The Labute approximate surface area is 214 Å². The normalized spacial score (nSPS) is 26.7. The summed E-state index contributed by atoms with van der Waals surface area (Å²) in [6.07, 6.45) is -0.814. The van der Waals surface area contributed by atoms with Gasteiger partial charge in [0.1, 0.15) is 42.1 Å². The Hall–Kier alpha value is -1.84. The first-order chi connectivity index (χ1) is 16.9. The number of halogens is 2. The largest absolute Gasteiger partial charge is 0.490 e. The van der Waals surface area contributed by atoms with Crippen molar-refractivity contribution >= 4 is 31.8 Å². The van der Waals surface area contributed by atoms with Gasteiger partial charge in [-0.1, -0.05) is 23.7 Å². The molecule has 2 aromatic carbocycles. The number of quaternary nitrogens is 1. The number of nitrogens with zero attached hydrogens (tertiary/aromatic N) is 1. The quantitative estimate of drug-likeness (QED) is 0.324. The van der Waals surface area contributed by atoms with Crippen LogP contribution in [0.1, 0.15) is 17.2 Å². The summed E-state index contributed by atoms with van der Waals surface area (Å²) in [6, 6.07) is 9.11. The van der Waals surface area contributed by atoms with Gasteiger partial charge < -0.3 is 14.8 Å². The molecule has 4 atom stereocenters. The second-order valence-electron chi connectivity index (χ2n) is 9.06. The van der Waals surface area contributed by atoms with Crippen molar-refractivity contribution in [1.82, 2.24) is 5.32 Å². The lowest BCUT2D eigenvalue weighted by Gasteiger charge is -2.54. The number of fused-ring (bicyclic) bond motifs is 1. The third-order valence-electron chi connectivity index (χ3n) is 6.55. The van der Waals surface area contributed by atoms with Crippen LogP contribution in [0.4, 0.5) is 4.39 Å². The number of rotatable bonds is 8. The van der Waals surface area contributed by atoms with Crippen molar-refractivity contribution in [2.75, 3.05) is 37.9 Å². The lowest BCUT2D eigenvalue weighted by Crippen LogP contribution is -2.71. The fourth-order valence-electron chi connectivity index (χ4n) is 5.26. The molecule has 3 N–H and O–H groups in total. The van der Waals surface area contributed by atoms with E-state index in [0.717, 1.165) is 6.07 Å². The van der Waals surface area contributed by atoms with Gasteiger partial charge in [0.15, 0.2) is 0 Å². The van der Waals surface area contributed by atoms with Gasteiger partial charge in [-0.25, -0.2) is 4.39 Å². The zero-order valence-electron chi connectivity index (χ0n) is 19.1. The smallest absolute Gasteiger partial charge is 0.316 e. The van der Waals surface area contributed by atoms with Gasteiger partial charge in [-0.2, -0.15) is 16.8 Å². The van der Waals surface area contributed by atoms with Crippen LogP contribution in [0.15, 0.2) is 42.5 Å². The summed E-state index contributed by atoms with van der Waals surface area (Å²) in [6.45, 7) is 0.411. The summed E-state index contributed by atoms with van der Waals surface area (Å²) in [5.74, 6) is -1.62. The van der Waals surface area contributed by atoms with E-state index in [1.807, 2.05) is 0 Å². The molecule has 14 heteroatoms. The van der Waals surface area contributed by atoms with E-state index >= 15 is 0 Å². The average Bonchev–Trinajstić information content (AvgIpc) is 2.76. The van der Waals surface area contributed by atoms with Crippen molar-refractivity contribution < 1.29 is 44.3 Å². The molecule has 2 aliphatic rings. The molecule has 0 aromatic heterocycles. The lowest BCUT2D eigenvalue weighted by molar-refractivity contribution is -0.972. The summed E-state index contributed by atoms with van der Waals surface area (Å²) in [7, 11) is -9.13. The minimum absolute atomic E-state index is 0.0117. The molecule has 1 fully saturated rings. The first-order valence-electron chi connectivity index (χ1n) is 11.1. The minimum Gasteiger partial charge on any atom is -0.490 e. The summed E-state index contributed by atoms with van der Waals surface area (Å²) >= 11 is 5.96. The van der Waals surface area contributed by atoms with Crippen LogP contribution in [-0.2, 0) is 31.6 Å². The highest BCUT2D eigenvalue weighted by Gasteiger charge is 2.55. The molecule has 0 saturated carbocycles. The fourth-order valence-corrected chi connectivity index (χ4v) is 7.51. The molecule has 1 saturated heterocycles. The van der Waals surface area contributed by atoms with Gasteiger partial charge in [-0.3, -0.25) is 13.6 Å². The molecular formula is C22H27ClFN2O8S2+. The zero-order chi connectivity index (χ0) is 26.1. The predicted octanol–water partition coefficient (Wildman–Crippen LogP) is 2.02. The summed E-state index contributed by atoms with van der Waals surface area (Å²) in [4.78, 5) is 0. The molecule has 4 rings (SSSR count). The lowest BCUT2D eigenvalue weighted by atomic mass is 9.91. The Balaban J connectivity index is 1.81. The second-order valence-corrected chi connectivity index (χ2v) is 12.4. The number of piperazine rings is 1. The molecule has 0 spiro atoms. The topological polar surface area (TPSA) is 139 Å². The van der Waals surface area contributed by atoms with Crippen molar-refractivity contribution in [2.24, 2.45) is 0 Å². The average molecular weight is 566 g/mol. The molecule has 198 valence electrons. The molecule has 0 bridgehead atoms. The highest BCUT2D eigenvalue weighted by Crippen LogP contribution is 2.44. The number of para-hydroxylation sites is 1. The molecule has 36 heavy (non-hydrogen) atoms. The van der Waals surface area contributed by atoms with E-state index in [1.54, 1.807) is 24.3 Å². The molecule has 2 aliphatic heterocycles. The Morgan fingerprint density at radius 1 is 1.14 bits per heavy atom. The number of ether oxygens (including phenoxy) is 2. The Bertz CT molecular complexity index is 1310. The fraction of sp³-hybridized carbons (Fsp3) is 0.455. The van der Waals surface area contributed by atoms with Crippen LogP contribution in [0.2, 0.25) is 5.02 Å². The SMILES string of the molecule is O=S(=O)(O)C[C@@H]1CNCC[N@@+]1(CS(=O)(=O)O)C1c2ccccc2OCC1OCc1cc(F)cc(Cl)c1.